The average molecular weight is 409 g/mol. The maximum atomic E-state index is 13.0. The van der Waals surface area contributed by atoms with Crippen LogP contribution in [0.25, 0.3) is 0 Å². The Balaban J connectivity index is 1.47. The van der Waals surface area contributed by atoms with E-state index >= 15 is 0 Å². The second-order valence-corrected chi connectivity index (χ2v) is 8.16. The first kappa shape index (κ1) is 20.0. The van der Waals surface area contributed by atoms with E-state index in [2.05, 4.69) is 5.32 Å². The number of benzene rings is 1. The molecular formula is C18H20FN3O5S. The van der Waals surface area contributed by atoms with Crippen molar-refractivity contribution in [1.82, 2.24) is 14.5 Å². The summed E-state index contributed by atoms with van der Waals surface area (Å²) in [6.45, 7) is 0.984. The molecular weight excluding hydrogens is 389 g/mol. The van der Waals surface area contributed by atoms with Crippen LogP contribution in [0.5, 0.6) is 0 Å². The molecule has 8 nitrogen and oxygen atoms in total. The number of hydrogen-bond acceptors (Lipinski definition) is 5. The highest BCUT2D eigenvalue weighted by Crippen LogP contribution is 2.18. The van der Waals surface area contributed by atoms with Gasteiger partial charge in [0.05, 0.1) is 11.2 Å². The van der Waals surface area contributed by atoms with Gasteiger partial charge in [-0.3, -0.25) is 9.59 Å². The second-order valence-electron chi connectivity index (χ2n) is 6.22. The van der Waals surface area contributed by atoms with Gasteiger partial charge < -0.3 is 14.6 Å². The van der Waals surface area contributed by atoms with E-state index in [9.17, 15) is 22.4 Å². The van der Waals surface area contributed by atoms with E-state index in [-0.39, 0.29) is 55.7 Å². The van der Waals surface area contributed by atoms with Crippen LogP contribution in [0.1, 0.15) is 17.0 Å². The van der Waals surface area contributed by atoms with Crippen molar-refractivity contribution in [3.63, 3.8) is 0 Å². The molecule has 28 heavy (non-hydrogen) atoms. The number of furan rings is 1. The molecule has 1 N–H and O–H groups in total. The molecule has 0 atom stereocenters. The van der Waals surface area contributed by atoms with Gasteiger partial charge in [-0.1, -0.05) is 0 Å². The van der Waals surface area contributed by atoms with Gasteiger partial charge in [-0.2, -0.15) is 4.31 Å². The number of hydrogen-bond donors (Lipinski definition) is 1. The van der Waals surface area contributed by atoms with Crippen LogP contribution in [-0.4, -0.2) is 62.2 Å². The molecule has 2 heterocycles. The molecule has 0 bridgehead atoms. The van der Waals surface area contributed by atoms with E-state index in [1.807, 2.05) is 0 Å². The van der Waals surface area contributed by atoms with Crippen molar-refractivity contribution in [1.29, 1.82) is 0 Å². The maximum absolute atomic E-state index is 13.0. The fraction of sp³-hybridized carbons (Fsp3) is 0.333. The van der Waals surface area contributed by atoms with E-state index < -0.39 is 21.7 Å². The SMILES string of the molecule is O=C(NCCC(=O)N1CCN(S(=O)(=O)c2ccc(F)cc2)CC1)c1ccco1. The molecule has 3 rings (SSSR count). The van der Waals surface area contributed by atoms with Crippen molar-refractivity contribution < 1.29 is 26.8 Å². The topological polar surface area (TPSA) is 99.9 Å². The zero-order valence-electron chi connectivity index (χ0n) is 15.0. The highest BCUT2D eigenvalue weighted by Gasteiger charge is 2.30. The van der Waals surface area contributed by atoms with E-state index in [0.29, 0.717) is 0 Å². The maximum Gasteiger partial charge on any atom is 0.286 e. The van der Waals surface area contributed by atoms with Crippen molar-refractivity contribution in [2.75, 3.05) is 32.7 Å². The number of amides is 2. The largest absolute Gasteiger partial charge is 0.459 e. The summed E-state index contributed by atoms with van der Waals surface area (Å²) in [5.74, 6) is -0.896. The highest BCUT2D eigenvalue weighted by atomic mass is 32.2. The summed E-state index contributed by atoms with van der Waals surface area (Å²) in [6, 6.07) is 7.78. The van der Waals surface area contributed by atoms with Crippen LogP contribution in [0.2, 0.25) is 0 Å². The molecule has 1 aromatic carbocycles. The minimum Gasteiger partial charge on any atom is -0.459 e. The third kappa shape index (κ3) is 4.57. The molecule has 0 radical (unpaired) electrons. The summed E-state index contributed by atoms with van der Waals surface area (Å²) >= 11 is 0. The summed E-state index contributed by atoms with van der Waals surface area (Å²) in [4.78, 5) is 25.6. The van der Waals surface area contributed by atoms with Gasteiger partial charge >= 0.3 is 0 Å². The third-order valence-electron chi connectivity index (χ3n) is 4.41. The predicted molar refractivity (Wildman–Crippen MR) is 97.4 cm³/mol. The predicted octanol–water partition coefficient (Wildman–Crippen LogP) is 1.07. The van der Waals surface area contributed by atoms with Crippen LogP contribution in [0.15, 0.2) is 52.0 Å². The van der Waals surface area contributed by atoms with E-state index in [1.165, 1.54) is 28.8 Å². The number of piperazine rings is 1. The number of carbonyl (C=O) groups is 2. The van der Waals surface area contributed by atoms with Gasteiger partial charge in [0.15, 0.2) is 5.76 Å². The van der Waals surface area contributed by atoms with Gasteiger partial charge in [-0.05, 0) is 36.4 Å². The first-order valence-corrected chi connectivity index (χ1v) is 10.2. The molecule has 0 aliphatic carbocycles. The Bertz CT molecular complexity index is 921. The first-order chi connectivity index (χ1) is 13.4. The monoisotopic (exact) mass is 409 g/mol. The Hall–Kier alpha value is -2.72. The number of sulfonamides is 1. The van der Waals surface area contributed by atoms with Gasteiger partial charge in [0.2, 0.25) is 15.9 Å². The van der Waals surface area contributed by atoms with Gasteiger partial charge in [-0.15, -0.1) is 0 Å². The van der Waals surface area contributed by atoms with Gasteiger partial charge in [0, 0.05) is 39.1 Å². The van der Waals surface area contributed by atoms with Gasteiger partial charge in [0.1, 0.15) is 5.82 Å². The molecule has 1 aliphatic heterocycles. The van der Waals surface area contributed by atoms with Gasteiger partial charge in [-0.25, -0.2) is 12.8 Å². The summed E-state index contributed by atoms with van der Waals surface area (Å²) < 4.78 is 44.4. The molecule has 1 aromatic heterocycles. The Kier molecular flexibility index (Phi) is 6.10. The number of nitrogens with one attached hydrogen (secondary N) is 1. The van der Waals surface area contributed by atoms with E-state index in [4.69, 9.17) is 4.42 Å². The van der Waals surface area contributed by atoms with Gasteiger partial charge in [0.25, 0.3) is 5.91 Å². The Morgan fingerprint density at radius 2 is 1.75 bits per heavy atom. The van der Waals surface area contributed by atoms with Crippen LogP contribution < -0.4 is 5.32 Å². The van der Waals surface area contributed by atoms with Crippen molar-refractivity contribution in [3.05, 3.63) is 54.2 Å². The summed E-state index contributed by atoms with van der Waals surface area (Å²) in [7, 11) is -3.72. The fourth-order valence-electron chi connectivity index (χ4n) is 2.87. The minimum absolute atomic E-state index is 0.0225. The lowest BCUT2D eigenvalue weighted by Gasteiger charge is -2.34. The van der Waals surface area contributed by atoms with Crippen LogP contribution >= 0.6 is 0 Å². The smallest absolute Gasteiger partial charge is 0.286 e. The van der Waals surface area contributed by atoms with Crippen molar-refractivity contribution in [2.45, 2.75) is 11.3 Å². The molecule has 1 fully saturated rings. The number of carbonyl (C=O) groups excluding carboxylic acids is 2. The summed E-state index contributed by atoms with van der Waals surface area (Å²) in [6.07, 6.45) is 1.50. The van der Waals surface area contributed by atoms with Crippen molar-refractivity contribution in [2.24, 2.45) is 0 Å². The summed E-state index contributed by atoms with van der Waals surface area (Å²) in [5.41, 5.74) is 0. The van der Waals surface area contributed by atoms with Crippen LogP contribution in [-0.2, 0) is 14.8 Å². The normalized spacial score (nSPS) is 15.4. The molecule has 2 amide bonds. The standard InChI is InChI=1S/C18H20FN3O5S/c19-14-3-5-15(6-4-14)28(25,26)22-11-9-21(10-12-22)17(23)7-8-20-18(24)16-2-1-13-27-16/h1-6,13H,7-12H2,(H,20,24). The molecule has 0 unspecified atom stereocenters. The van der Waals surface area contributed by atoms with Crippen molar-refractivity contribution >= 4 is 21.8 Å². The average Bonchev–Trinajstić information content (AvgIpc) is 3.23. The highest BCUT2D eigenvalue weighted by molar-refractivity contribution is 7.89. The second kappa shape index (κ2) is 8.53. The number of nitrogens with zero attached hydrogens (tertiary/aromatic N) is 2. The molecule has 0 spiro atoms. The number of rotatable bonds is 6. The zero-order chi connectivity index (χ0) is 20.1. The Morgan fingerprint density at radius 3 is 2.36 bits per heavy atom. The molecule has 150 valence electrons. The molecule has 0 saturated carbocycles. The molecule has 2 aromatic rings. The lowest BCUT2D eigenvalue weighted by molar-refractivity contribution is -0.132. The lowest BCUT2D eigenvalue weighted by Crippen LogP contribution is -2.50. The quantitative estimate of drug-likeness (QED) is 0.769. The summed E-state index contributed by atoms with van der Waals surface area (Å²) in [5, 5.41) is 2.60. The van der Waals surface area contributed by atoms with E-state index in [0.717, 1.165) is 12.1 Å². The Morgan fingerprint density at radius 1 is 1.07 bits per heavy atom. The third-order valence-corrected chi connectivity index (χ3v) is 6.33. The number of halogens is 1. The molecule has 1 saturated heterocycles. The van der Waals surface area contributed by atoms with Crippen LogP contribution in [0.4, 0.5) is 4.39 Å². The zero-order valence-corrected chi connectivity index (χ0v) is 15.8. The minimum atomic E-state index is -3.72. The molecule has 10 heteroatoms. The van der Waals surface area contributed by atoms with Crippen molar-refractivity contribution in [3.8, 4) is 0 Å². The molecule has 1 aliphatic rings. The van der Waals surface area contributed by atoms with Crippen LogP contribution in [0.3, 0.4) is 0 Å². The Labute approximate surface area is 162 Å². The first-order valence-electron chi connectivity index (χ1n) is 8.73. The van der Waals surface area contributed by atoms with Crippen LogP contribution in [0, 0.1) is 5.82 Å². The van der Waals surface area contributed by atoms with E-state index in [1.54, 1.807) is 11.0 Å². The fourth-order valence-corrected chi connectivity index (χ4v) is 4.29. The lowest BCUT2D eigenvalue weighted by atomic mass is 10.3.